The number of thioether (sulfide) groups is 1. The third kappa shape index (κ3) is 5.53. The first-order chi connectivity index (χ1) is 11.3. The van der Waals surface area contributed by atoms with Gasteiger partial charge in [-0.3, -0.25) is 5.10 Å². The topological polar surface area (TPSA) is 50.8 Å². The van der Waals surface area contributed by atoms with Gasteiger partial charge in [0.05, 0.1) is 6.61 Å². The highest BCUT2D eigenvalue weighted by Gasteiger charge is 2.15. The highest BCUT2D eigenvalue weighted by atomic mass is 79.9. The Kier molecular flexibility index (Phi) is 6.39. The standard InChI is InChI=1S/C17H22BrN3OS/c18-14-6-3-7-15(12-14)22-10-11-23-17-19-16(20-21-17)9-8-13-4-1-2-5-13/h3,6-7,12-13H,1-2,4-5,8-11H2,(H,19,20,21). The molecule has 1 aliphatic carbocycles. The summed E-state index contributed by atoms with van der Waals surface area (Å²) in [6.07, 6.45) is 7.85. The molecule has 0 aliphatic heterocycles. The Hall–Kier alpha value is -1.01. The van der Waals surface area contributed by atoms with Crippen molar-refractivity contribution in [3.63, 3.8) is 0 Å². The van der Waals surface area contributed by atoms with Gasteiger partial charge in [0.15, 0.2) is 0 Å². The van der Waals surface area contributed by atoms with Crippen molar-refractivity contribution in [2.45, 2.75) is 43.7 Å². The average molecular weight is 396 g/mol. The molecule has 4 nitrogen and oxygen atoms in total. The minimum atomic E-state index is 0.646. The number of aryl methyl sites for hydroxylation is 1. The molecule has 0 unspecified atom stereocenters. The summed E-state index contributed by atoms with van der Waals surface area (Å²) in [6.45, 7) is 0.646. The van der Waals surface area contributed by atoms with Crippen molar-refractivity contribution < 1.29 is 4.74 Å². The van der Waals surface area contributed by atoms with Crippen LogP contribution in [-0.2, 0) is 6.42 Å². The Labute approximate surface area is 149 Å². The zero-order valence-electron chi connectivity index (χ0n) is 13.1. The summed E-state index contributed by atoms with van der Waals surface area (Å²) in [4.78, 5) is 4.56. The van der Waals surface area contributed by atoms with Crippen LogP contribution in [0.1, 0.15) is 37.9 Å². The third-order valence-electron chi connectivity index (χ3n) is 4.15. The minimum Gasteiger partial charge on any atom is -0.493 e. The largest absolute Gasteiger partial charge is 0.493 e. The van der Waals surface area contributed by atoms with Crippen molar-refractivity contribution in [2.75, 3.05) is 12.4 Å². The number of ether oxygens (including phenoxy) is 1. The molecule has 0 saturated heterocycles. The van der Waals surface area contributed by atoms with E-state index in [1.165, 1.54) is 32.1 Å². The SMILES string of the molecule is Brc1cccc(OCCSc2n[nH]c(CCC3CCCC3)n2)c1. The maximum absolute atomic E-state index is 5.71. The van der Waals surface area contributed by atoms with Crippen molar-refractivity contribution in [2.24, 2.45) is 5.92 Å². The third-order valence-corrected chi connectivity index (χ3v) is 5.46. The number of hydrogen-bond donors (Lipinski definition) is 1. The van der Waals surface area contributed by atoms with Gasteiger partial charge in [-0.2, -0.15) is 0 Å². The first kappa shape index (κ1) is 16.8. The fraction of sp³-hybridized carbons (Fsp3) is 0.529. The van der Waals surface area contributed by atoms with E-state index in [4.69, 9.17) is 4.74 Å². The van der Waals surface area contributed by atoms with Gasteiger partial charge in [-0.25, -0.2) is 4.98 Å². The smallest absolute Gasteiger partial charge is 0.208 e. The number of aromatic nitrogens is 3. The fourth-order valence-corrected chi connectivity index (χ4v) is 3.96. The fourth-order valence-electron chi connectivity index (χ4n) is 2.94. The minimum absolute atomic E-state index is 0.646. The molecule has 0 bridgehead atoms. The molecule has 0 atom stereocenters. The van der Waals surface area contributed by atoms with Gasteiger partial charge in [-0.05, 0) is 30.5 Å². The molecule has 0 amide bonds. The molecular formula is C17H22BrN3OS. The Bertz CT molecular complexity index is 613. The Balaban J connectivity index is 1.35. The average Bonchev–Trinajstić information content (AvgIpc) is 3.21. The van der Waals surface area contributed by atoms with Gasteiger partial charge < -0.3 is 4.74 Å². The van der Waals surface area contributed by atoms with Crippen LogP contribution in [0.2, 0.25) is 0 Å². The van der Waals surface area contributed by atoms with Crippen molar-refractivity contribution in [3.8, 4) is 5.75 Å². The first-order valence-corrected chi connectivity index (χ1v) is 10.00. The summed E-state index contributed by atoms with van der Waals surface area (Å²) >= 11 is 5.07. The van der Waals surface area contributed by atoms with E-state index in [1.807, 2.05) is 24.3 Å². The molecule has 1 heterocycles. The molecule has 2 aromatic rings. The zero-order valence-corrected chi connectivity index (χ0v) is 15.5. The van der Waals surface area contributed by atoms with Gasteiger partial charge in [0.1, 0.15) is 11.6 Å². The number of hydrogen-bond acceptors (Lipinski definition) is 4. The Morgan fingerprint density at radius 2 is 2.17 bits per heavy atom. The van der Waals surface area contributed by atoms with E-state index in [-0.39, 0.29) is 0 Å². The number of aromatic amines is 1. The van der Waals surface area contributed by atoms with Gasteiger partial charge in [-0.15, -0.1) is 5.10 Å². The monoisotopic (exact) mass is 395 g/mol. The molecular weight excluding hydrogens is 374 g/mol. The van der Waals surface area contributed by atoms with E-state index in [0.717, 1.165) is 39.3 Å². The van der Waals surface area contributed by atoms with E-state index in [2.05, 4.69) is 31.1 Å². The lowest BCUT2D eigenvalue weighted by atomic mass is 10.0. The second-order valence-electron chi connectivity index (χ2n) is 5.91. The molecule has 1 aromatic heterocycles. The number of rotatable bonds is 8. The Morgan fingerprint density at radius 3 is 3.00 bits per heavy atom. The van der Waals surface area contributed by atoms with Crippen LogP contribution >= 0.6 is 27.7 Å². The van der Waals surface area contributed by atoms with Crippen molar-refractivity contribution in [1.29, 1.82) is 0 Å². The van der Waals surface area contributed by atoms with Crippen LogP contribution in [-0.4, -0.2) is 27.5 Å². The maximum Gasteiger partial charge on any atom is 0.208 e. The van der Waals surface area contributed by atoms with Crippen LogP contribution in [0.4, 0.5) is 0 Å². The highest BCUT2D eigenvalue weighted by molar-refractivity contribution is 9.10. The molecule has 1 N–H and O–H groups in total. The number of nitrogens with zero attached hydrogens (tertiary/aromatic N) is 2. The predicted octanol–water partition coefficient (Wildman–Crippen LogP) is 4.86. The van der Waals surface area contributed by atoms with Crippen LogP contribution in [0.15, 0.2) is 33.9 Å². The lowest BCUT2D eigenvalue weighted by molar-refractivity contribution is 0.343. The van der Waals surface area contributed by atoms with E-state index in [0.29, 0.717) is 6.61 Å². The quantitative estimate of drug-likeness (QED) is 0.511. The summed E-state index contributed by atoms with van der Waals surface area (Å²) in [5.74, 6) is 3.64. The van der Waals surface area contributed by atoms with Crippen LogP contribution in [0.3, 0.4) is 0 Å². The van der Waals surface area contributed by atoms with Gasteiger partial charge in [-0.1, -0.05) is 59.4 Å². The van der Waals surface area contributed by atoms with Crippen LogP contribution in [0.5, 0.6) is 5.75 Å². The summed E-state index contributed by atoms with van der Waals surface area (Å²) < 4.78 is 6.74. The van der Waals surface area contributed by atoms with Gasteiger partial charge in [0, 0.05) is 16.6 Å². The van der Waals surface area contributed by atoms with Crippen molar-refractivity contribution in [1.82, 2.24) is 15.2 Å². The predicted molar refractivity (Wildman–Crippen MR) is 97.0 cm³/mol. The van der Waals surface area contributed by atoms with Crippen LogP contribution in [0, 0.1) is 5.92 Å². The number of H-pyrrole nitrogens is 1. The molecule has 3 rings (SSSR count). The number of nitrogens with one attached hydrogen (secondary N) is 1. The van der Waals surface area contributed by atoms with Crippen molar-refractivity contribution >= 4 is 27.7 Å². The molecule has 6 heteroatoms. The molecule has 23 heavy (non-hydrogen) atoms. The lowest BCUT2D eigenvalue weighted by Crippen LogP contribution is -2.00. The number of halogens is 1. The van der Waals surface area contributed by atoms with Crippen LogP contribution < -0.4 is 4.74 Å². The van der Waals surface area contributed by atoms with Gasteiger partial charge >= 0.3 is 0 Å². The molecule has 124 valence electrons. The zero-order chi connectivity index (χ0) is 15.9. The van der Waals surface area contributed by atoms with E-state index in [1.54, 1.807) is 11.8 Å². The Morgan fingerprint density at radius 1 is 1.30 bits per heavy atom. The summed E-state index contributed by atoms with van der Waals surface area (Å²) in [6, 6.07) is 7.89. The molecule has 1 aromatic carbocycles. The molecule has 0 spiro atoms. The molecule has 1 fully saturated rings. The van der Waals surface area contributed by atoms with E-state index >= 15 is 0 Å². The van der Waals surface area contributed by atoms with Crippen LogP contribution in [0.25, 0.3) is 0 Å². The summed E-state index contributed by atoms with van der Waals surface area (Å²) in [5.41, 5.74) is 0. The highest BCUT2D eigenvalue weighted by Crippen LogP contribution is 2.28. The maximum atomic E-state index is 5.71. The summed E-state index contributed by atoms with van der Waals surface area (Å²) in [7, 11) is 0. The molecule has 0 radical (unpaired) electrons. The normalized spacial score (nSPS) is 15.2. The van der Waals surface area contributed by atoms with E-state index < -0.39 is 0 Å². The molecule has 1 saturated carbocycles. The number of benzene rings is 1. The lowest BCUT2D eigenvalue weighted by Gasteiger charge is -2.05. The first-order valence-electron chi connectivity index (χ1n) is 8.22. The molecule has 1 aliphatic rings. The second-order valence-corrected chi connectivity index (χ2v) is 7.89. The van der Waals surface area contributed by atoms with Gasteiger partial charge in [0.25, 0.3) is 0 Å². The second kappa shape index (κ2) is 8.73. The van der Waals surface area contributed by atoms with Gasteiger partial charge in [0.2, 0.25) is 5.16 Å². The summed E-state index contributed by atoms with van der Waals surface area (Å²) in [5, 5.41) is 8.17. The van der Waals surface area contributed by atoms with E-state index in [9.17, 15) is 0 Å². The van der Waals surface area contributed by atoms with Crippen molar-refractivity contribution in [3.05, 3.63) is 34.6 Å².